The van der Waals surface area contributed by atoms with Gasteiger partial charge in [0.15, 0.2) is 0 Å². The maximum Gasteiger partial charge on any atom is 0.343 e. The molecule has 0 atom stereocenters. The van der Waals surface area contributed by atoms with Crippen molar-refractivity contribution in [2.24, 2.45) is 0 Å². The van der Waals surface area contributed by atoms with Gasteiger partial charge in [0.2, 0.25) is 0 Å². The van der Waals surface area contributed by atoms with Crippen molar-refractivity contribution in [1.82, 2.24) is 0 Å². The van der Waals surface area contributed by atoms with Gasteiger partial charge in [0.25, 0.3) is 6.47 Å². The summed E-state index contributed by atoms with van der Waals surface area (Å²) in [5.41, 5.74) is 0.469. The topological polar surface area (TPSA) is 71.1 Å². The van der Waals surface area contributed by atoms with Gasteiger partial charge in [-0.25, -0.2) is 4.79 Å². The summed E-state index contributed by atoms with van der Waals surface area (Å²) in [6.07, 6.45) is 7.67. The molecule has 2 rings (SSSR count). The molecule has 0 spiro atoms. The number of hydrogen-bond donors (Lipinski definition) is 0. The first-order valence-electron chi connectivity index (χ1n) is 10.4. The second kappa shape index (κ2) is 14.0. The lowest BCUT2D eigenvalue weighted by Crippen LogP contribution is -2.08. The summed E-state index contributed by atoms with van der Waals surface area (Å²) in [6, 6.07) is 13.8. The summed E-state index contributed by atoms with van der Waals surface area (Å²) < 4.78 is 20.8. The van der Waals surface area contributed by atoms with Crippen molar-refractivity contribution < 1.29 is 28.5 Å². The summed E-state index contributed by atoms with van der Waals surface area (Å²) in [4.78, 5) is 22.2. The highest BCUT2D eigenvalue weighted by Crippen LogP contribution is 2.19. The molecule has 0 saturated carbocycles. The van der Waals surface area contributed by atoms with Crippen LogP contribution >= 0.6 is 0 Å². The van der Waals surface area contributed by atoms with Crippen LogP contribution in [-0.2, 0) is 9.53 Å². The van der Waals surface area contributed by atoms with Gasteiger partial charge >= 0.3 is 5.97 Å². The number of esters is 1. The highest BCUT2D eigenvalue weighted by atomic mass is 16.5. The highest BCUT2D eigenvalue weighted by Gasteiger charge is 2.09. The fraction of sp³-hybridized carbons (Fsp3) is 0.417. The molecular formula is C24H30O6. The molecule has 6 nitrogen and oxygen atoms in total. The van der Waals surface area contributed by atoms with Crippen LogP contribution in [0.1, 0.15) is 55.3 Å². The quantitative estimate of drug-likeness (QED) is 0.173. The maximum atomic E-state index is 12.2. The Labute approximate surface area is 178 Å². The summed E-state index contributed by atoms with van der Waals surface area (Å²) in [5.74, 6) is 1.50. The fourth-order valence-electron chi connectivity index (χ4n) is 2.91. The number of benzene rings is 2. The Hall–Kier alpha value is -3.02. The number of rotatable bonds is 15. The molecule has 0 heterocycles. The SMILES string of the molecule is COc1ccc(OC(=O)c2ccc(OCCCCCCCCCOC=O)cc2)cc1. The van der Waals surface area contributed by atoms with E-state index in [1.54, 1.807) is 55.6 Å². The zero-order valence-electron chi connectivity index (χ0n) is 17.5. The van der Waals surface area contributed by atoms with E-state index < -0.39 is 5.97 Å². The first kappa shape index (κ1) is 23.3. The standard InChI is InChI=1S/C24H30O6/c1-27-21-13-15-23(16-14-21)30-24(26)20-9-11-22(12-10-20)29-18-8-6-4-2-3-5-7-17-28-19-25/h9-16,19H,2-8,17-18H2,1H3. The average Bonchev–Trinajstić information content (AvgIpc) is 2.78. The second-order valence-electron chi connectivity index (χ2n) is 6.88. The molecule has 6 heteroatoms. The Balaban J connectivity index is 1.59. The van der Waals surface area contributed by atoms with Crippen LogP contribution in [0.2, 0.25) is 0 Å². The minimum absolute atomic E-state index is 0.413. The lowest BCUT2D eigenvalue weighted by molar-refractivity contribution is -0.128. The van der Waals surface area contributed by atoms with Crippen LogP contribution in [0, 0.1) is 0 Å². The predicted molar refractivity (Wildman–Crippen MR) is 114 cm³/mol. The van der Waals surface area contributed by atoms with E-state index in [2.05, 4.69) is 4.74 Å². The molecule has 2 aromatic rings. The lowest BCUT2D eigenvalue weighted by Gasteiger charge is -2.08. The first-order chi connectivity index (χ1) is 14.7. The van der Waals surface area contributed by atoms with Crippen molar-refractivity contribution in [2.75, 3.05) is 20.3 Å². The van der Waals surface area contributed by atoms with Crippen molar-refractivity contribution in [3.05, 3.63) is 54.1 Å². The Morgan fingerprint density at radius 1 is 0.733 bits per heavy atom. The molecule has 2 aromatic carbocycles. The van der Waals surface area contributed by atoms with Gasteiger partial charge in [0.05, 0.1) is 25.9 Å². The van der Waals surface area contributed by atoms with E-state index in [1.807, 2.05) is 0 Å². The molecule has 0 amide bonds. The van der Waals surface area contributed by atoms with Crippen LogP contribution in [0.3, 0.4) is 0 Å². The zero-order valence-corrected chi connectivity index (χ0v) is 17.5. The van der Waals surface area contributed by atoms with Gasteiger partial charge in [-0.1, -0.05) is 32.1 Å². The molecule has 0 unspecified atom stereocenters. The van der Waals surface area contributed by atoms with E-state index in [4.69, 9.17) is 14.2 Å². The maximum absolute atomic E-state index is 12.2. The molecule has 0 radical (unpaired) electrons. The van der Waals surface area contributed by atoms with Gasteiger partial charge in [-0.2, -0.15) is 0 Å². The predicted octanol–water partition coefficient (Wildman–Crippen LogP) is 5.20. The van der Waals surface area contributed by atoms with Crippen molar-refractivity contribution >= 4 is 12.4 Å². The molecule has 0 aliphatic carbocycles. The van der Waals surface area contributed by atoms with Crippen LogP contribution in [0.15, 0.2) is 48.5 Å². The Kier molecular flexibility index (Phi) is 10.9. The smallest absolute Gasteiger partial charge is 0.343 e. The largest absolute Gasteiger partial charge is 0.497 e. The summed E-state index contributed by atoms with van der Waals surface area (Å²) in [5, 5.41) is 0. The molecule has 0 aromatic heterocycles. The Morgan fingerprint density at radius 2 is 1.27 bits per heavy atom. The van der Waals surface area contributed by atoms with Crippen molar-refractivity contribution in [3.8, 4) is 17.2 Å². The van der Waals surface area contributed by atoms with Gasteiger partial charge < -0.3 is 18.9 Å². The molecule has 0 N–H and O–H groups in total. The molecule has 0 aliphatic heterocycles. The third-order valence-corrected chi connectivity index (χ3v) is 4.60. The van der Waals surface area contributed by atoms with Crippen molar-refractivity contribution in [3.63, 3.8) is 0 Å². The van der Waals surface area contributed by atoms with Gasteiger partial charge in [0.1, 0.15) is 17.2 Å². The van der Waals surface area contributed by atoms with E-state index in [-0.39, 0.29) is 0 Å². The number of ether oxygens (including phenoxy) is 4. The number of carbonyl (C=O) groups is 2. The van der Waals surface area contributed by atoms with Crippen LogP contribution in [0.25, 0.3) is 0 Å². The van der Waals surface area contributed by atoms with E-state index in [1.165, 1.54) is 12.8 Å². The normalized spacial score (nSPS) is 10.3. The van der Waals surface area contributed by atoms with Crippen molar-refractivity contribution in [1.29, 1.82) is 0 Å². The number of carbonyl (C=O) groups excluding carboxylic acids is 2. The van der Waals surface area contributed by atoms with Gasteiger partial charge in [-0.05, 0) is 61.4 Å². The first-order valence-corrected chi connectivity index (χ1v) is 10.4. The highest BCUT2D eigenvalue weighted by molar-refractivity contribution is 5.91. The lowest BCUT2D eigenvalue weighted by atomic mass is 10.1. The summed E-state index contributed by atoms with van der Waals surface area (Å²) in [6.45, 7) is 1.68. The summed E-state index contributed by atoms with van der Waals surface area (Å²) >= 11 is 0. The van der Waals surface area contributed by atoms with E-state index >= 15 is 0 Å². The van der Waals surface area contributed by atoms with E-state index in [9.17, 15) is 9.59 Å². The molecule has 0 aliphatic rings. The molecule has 162 valence electrons. The number of methoxy groups -OCH3 is 1. The second-order valence-corrected chi connectivity index (χ2v) is 6.88. The number of unbranched alkanes of at least 4 members (excludes halogenated alkanes) is 6. The van der Waals surface area contributed by atoms with Crippen LogP contribution in [0.5, 0.6) is 17.2 Å². The van der Waals surface area contributed by atoms with Gasteiger partial charge in [-0.15, -0.1) is 0 Å². The third kappa shape index (κ3) is 8.99. The molecule has 0 fully saturated rings. The van der Waals surface area contributed by atoms with Crippen LogP contribution in [-0.4, -0.2) is 32.8 Å². The number of hydrogen-bond acceptors (Lipinski definition) is 6. The zero-order chi connectivity index (χ0) is 21.4. The molecule has 0 bridgehead atoms. The fourth-order valence-corrected chi connectivity index (χ4v) is 2.91. The van der Waals surface area contributed by atoms with Crippen LogP contribution in [0.4, 0.5) is 0 Å². The monoisotopic (exact) mass is 414 g/mol. The van der Waals surface area contributed by atoms with E-state index in [0.29, 0.717) is 36.7 Å². The molecular weight excluding hydrogens is 384 g/mol. The van der Waals surface area contributed by atoms with Gasteiger partial charge in [-0.3, -0.25) is 4.79 Å². The minimum Gasteiger partial charge on any atom is -0.497 e. The van der Waals surface area contributed by atoms with E-state index in [0.717, 1.165) is 37.9 Å². The Bertz CT molecular complexity index is 739. The molecule has 30 heavy (non-hydrogen) atoms. The van der Waals surface area contributed by atoms with Gasteiger partial charge in [0, 0.05) is 0 Å². The van der Waals surface area contributed by atoms with Crippen LogP contribution < -0.4 is 14.2 Å². The minimum atomic E-state index is -0.413. The molecule has 0 saturated heterocycles. The van der Waals surface area contributed by atoms with Crippen molar-refractivity contribution in [2.45, 2.75) is 44.9 Å². The Morgan fingerprint density at radius 3 is 1.87 bits per heavy atom. The average molecular weight is 414 g/mol. The third-order valence-electron chi connectivity index (χ3n) is 4.60. The summed E-state index contributed by atoms with van der Waals surface area (Å²) in [7, 11) is 1.59.